The van der Waals surface area contributed by atoms with Gasteiger partial charge in [0, 0.05) is 25.1 Å². The number of ether oxygens (including phenoxy) is 1. The topological polar surface area (TPSA) is 45.7 Å². The Morgan fingerprint density at radius 3 is 2.57 bits per heavy atom. The number of carbonyl (C=O) groups excluding carboxylic acids is 1. The summed E-state index contributed by atoms with van der Waals surface area (Å²) in [5.74, 6) is -0.778. The molecule has 2 aliphatic heterocycles. The van der Waals surface area contributed by atoms with E-state index in [1.54, 1.807) is 4.90 Å². The Hall–Kier alpha value is -2.04. The van der Waals surface area contributed by atoms with E-state index in [-0.39, 0.29) is 18.6 Å². The van der Waals surface area contributed by atoms with Crippen LogP contribution in [0.25, 0.3) is 0 Å². The lowest BCUT2D eigenvalue weighted by molar-refractivity contribution is -0.153. The van der Waals surface area contributed by atoms with Gasteiger partial charge in [0.2, 0.25) is 11.8 Å². The smallest absolute Gasteiger partial charge is 0.433 e. The van der Waals surface area contributed by atoms with Crippen LogP contribution in [0.4, 0.5) is 26.3 Å². The van der Waals surface area contributed by atoms with Crippen LogP contribution in [-0.2, 0) is 11.0 Å². The van der Waals surface area contributed by atoms with Gasteiger partial charge in [-0.25, -0.2) is 9.88 Å². The maximum Gasteiger partial charge on any atom is 0.433 e. The highest BCUT2D eigenvalue weighted by molar-refractivity contribution is 5.76. The Morgan fingerprint density at radius 2 is 1.89 bits per heavy atom. The van der Waals surface area contributed by atoms with E-state index in [0.717, 1.165) is 12.5 Å². The number of nitrogens with zero attached hydrogens (tertiary/aromatic N) is 3. The first kappa shape index (κ1) is 20.7. The summed E-state index contributed by atoms with van der Waals surface area (Å²) in [6.07, 6.45) is -9.54. The molecule has 0 unspecified atom stereocenters. The van der Waals surface area contributed by atoms with Crippen LogP contribution in [0.2, 0.25) is 0 Å². The van der Waals surface area contributed by atoms with Gasteiger partial charge in [-0.05, 0) is 25.3 Å². The van der Waals surface area contributed by atoms with Gasteiger partial charge in [0.05, 0.1) is 13.1 Å². The first-order valence-electron chi connectivity index (χ1n) is 8.84. The zero-order valence-corrected chi connectivity index (χ0v) is 14.8. The first-order valence-corrected chi connectivity index (χ1v) is 8.84. The van der Waals surface area contributed by atoms with E-state index < -0.39 is 43.0 Å². The van der Waals surface area contributed by atoms with Crippen molar-refractivity contribution in [2.24, 2.45) is 0 Å². The predicted octanol–water partition coefficient (Wildman–Crippen LogP) is 3.80. The highest BCUT2D eigenvalue weighted by Crippen LogP contribution is 2.33. The standard InChI is InChI=1S/C17H19F6N3O2/c18-16(19,20)8-6-14(27)25-9-7-11-4-5-15(26(11)10-25)28-13-3-1-2-12(24-13)17(21,22)23/h1-3,11,15H,4-10H2/t11-,15-/m0/s1. The molecule has 0 N–H and O–H groups in total. The van der Waals surface area contributed by atoms with E-state index in [1.165, 1.54) is 17.0 Å². The third kappa shape index (κ3) is 5.06. The molecule has 1 aromatic heterocycles. The van der Waals surface area contributed by atoms with Gasteiger partial charge in [0.25, 0.3) is 0 Å². The lowest BCUT2D eigenvalue weighted by atomic mass is 10.1. The number of carbonyl (C=O) groups is 1. The van der Waals surface area contributed by atoms with Crippen molar-refractivity contribution in [1.82, 2.24) is 14.8 Å². The number of halogens is 6. The molecule has 2 aliphatic rings. The lowest BCUT2D eigenvalue weighted by Gasteiger charge is -2.40. The average Bonchev–Trinajstić information content (AvgIpc) is 3.01. The van der Waals surface area contributed by atoms with Crippen molar-refractivity contribution in [3.63, 3.8) is 0 Å². The van der Waals surface area contributed by atoms with Crippen molar-refractivity contribution >= 4 is 5.91 Å². The summed E-state index contributed by atoms with van der Waals surface area (Å²) >= 11 is 0. The van der Waals surface area contributed by atoms with Gasteiger partial charge in [-0.15, -0.1) is 0 Å². The predicted molar refractivity (Wildman–Crippen MR) is 85.0 cm³/mol. The minimum absolute atomic E-state index is 0.0717. The molecule has 0 radical (unpaired) electrons. The third-order valence-electron chi connectivity index (χ3n) is 4.90. The van der Waals surface area contributed by atoms with Crippen molar-refractivity contribution in [2.45, 2.75) is 56.7 Å². The molecule has 2 saturated heterocycles. The molecule has 5 nitrogen and oxygen atoms in total. The zero-order valence-electron chi connectivity index (χ0n) is 14.8. The molecule has 11 heteroatoms. The number of aromatic nitrogens is 1. The summed E-state index contributed by atoms with van der Waals surface area (Å²) in [6.45, 7) is 0.442. The highest BCUT2D eigenvalue weighted by Gasteiger charge is 2.41. The maximum absolute atomic E-state index is 12.8. The van der Waals surface area contributed by atoms with E-state index in [1.807, 2.05) is 0 Å². The Labute approximate surface area is 157 Å². The molecule has 2 fully saturated rings. The number of pyridine rings is 1. The summed E-state index contributed by atoms with van der Waals surface area (Å²) in [4.78, 5) is 18.7. The van der Waals surface area contributed by atoms with Gasteiger partial charge >= 0.3 is 12.4 Å². The average molecular weight is 411 g/mol. The quantitative estimate of drug-likeness (QED) is 0.708. The molecular formula is C17H19F6N3O2. The van der Waals surface area contributed by atoms with Crippen molar-refractivity contribution in [2.75, 3.05) is 13.2 Å². The third-order valence-corrected chi connectivity index (χ3v) is 4.90. The second kappa shape index (κ2) is 7.76. The Kier molecular flexibility index (Phi) is 5.74. The minimum Gasteiger partial charge on any atom is -0.458 e. The van der Waals surface area contributed by atoms with Gasteiger partial charge in [-0.1, -0.05) is 6.07 Å². The fraction of sp³-hybridized carbons (Fsp3) is 0.647. The van der Waals surface area contributed by atoms with Crippen LogP contribution in [0.5, 0.6) is 5.88 Å². The molecule has 0 bridgehead atoms. The SMILES string of the molecule is O=C(CCC(F)(F)F)N1CC[C@@H]2CC[C@H](Oc3cccc(C(F)(F)F)n3)N2C1. The van der Waals surface area contributed by atoms with Crippen LogP contribution >= 0.6 is 0 Å². The molecule has 1 amide bonds. The van der Waals surface area contributed by atoms with Crippen LogP contribution < -0.4 is 4.74 Å². The van der Waals surface area contributed by atoms with Gasteiger partial charge in [0.1, 0.15) is 5.69 Å². The summed E-state index contributed by atoms with van der Waals surface area (Å²) in [5, 5.41) is 0. The number of fused-ring (bicyclic) bond motifs is 1. The van der Waals surface area contributed by atoms with Crippen LogP contribution in [0.15, 0.2) is 18.2 Å². The largest absolute Gasteiger partial charge is 0.458 e. The molecule has 1 aromatic rings. The Bertz CT molecular complexity index is 709. The summed E-state index contributed by atoms with van der Waals surface area (Å²) in [5.41, 5.74) is -1.07. The van der Waals surface area contributed by atoms with E-state index in [9.17, 15) is 31.1 Å². The van der Waals surface area contributed by atoms with Crippen LogP contribution in [0.1, 0.15) is 37.8 Å². The van der Waals surface area contributed by atoms with E-state index in [0.29, 0.717) is 19.4 Å². The second-order valence-corrected chi connectivity index (χ2v) is 6.88. The molecule has 3 rings (SSSR count). The first-order chi connectivity index (χ1) is 13.0. The van der Waals surface area contributed by atoms with Gasteiger partial charge in [0.15, 0.2) is 6.23 Å². The van der Waals surface area contributed by atoms with Crippen molar-refractivity contribution < 1.29 is 35.9 Å². The van der Waals surface area contributed by atoms with E-state index in [2.05, 4.69) is 4.98 Å². The molecule has 3 heterocycles. The molecule has 0 aliphatic carbocycles. The number of alkyl halides is 6. The van der Waals surface area contributed by atoms with Crippen LogP contribution in [0, 0.1) is 0 Å². The fourth-order valence-corrected chi connectivity index (χ4v) is 3.51. The Morgan fingerprint density at radius 1 is 1.14 bits per heavy atom. The fourth-order valence-electron chi connectivity index (χ4n) is 3.51. The highest BCUT2D eigenvalue weighted by atomic mass is 19.4. The maximum atomic E-state index is 12.8. The molecule has 0 spiro atoms. The van der Waals surface area contributed by atoms with Gasteiger partial charge in [-0.2, -0.15) is 26.3 Å². The monoisotopic (exact) mass is 411 g/mol. The molecule has 156 valence electrons. The van der Waals surface area contributed by atoms with Crippen molar-refractivity contribution in [3.05, 3.63) is 23.9 Å². The van der Waals surface area contributed by atoms with Crippen LogP contribution in [0.3, 0.4) is 0 Å². The number of amides is 1. The Balaban J connectivity index is 1.63. The second-order valence-electron chi connectivity index (χ2n) is 6.88. The van der Waals surface area contributed by atoms with Gasteiger partial charge in [-0.3, -0.25) is 4.79 Å². The molecule has 2 atom stereocenters. The van der Waals surface area contributed by atoms with E-state index in [4.69, 9.17) is 4.74 Å². The van der Waals surface area contributed by atoms with Gasteiger partial charge < -0.3 is 9.64 Å². The molecule has 0 saturated carbocycles. The number of rotatable bonds is 4. The van der Waals surface area contributed by atoms with E-state index >= 15 is 0 Å². The van der Waals surface area contributed by atoms with Crippen LogP contribution in [-0.4, -0.2) is 52.4 Å². The molecular weight excluding hydrogens is 392 g/mol. The van der Waals surface area contributed by atoms with Crippen molar-refractivity contribution in [1.29, 1.82) is 0 Å². The lowest BCUT2D eigenvalue weighted by Crippen LogP contribution is -2.53. The normalized spacial score (nSPS) is 23.6. The summed E-state index contributed by atoms with van der Waals surface area (Å²) in [6, 6.07) is 3.42. The summed E-state index contributed by atoms with van der Waals surface area (Å²) < 4.78 is 81.0. The number of hydrogen-bond acceptors (Lipinski definition) is 4. The summed E-state index contributed by atoms with van der Waals surface area (Å²) in [7, 11) is 0. The zero-order chi connectivity index (χ0) is 20.5. The number of hydrogen-bond donors (Lipinski definition) is 0. The minimum atomic E-state index is -4.59. The van der Waals surface area contributed by atoms with Crippen molar-refractivity contribution in [3.8, 4) is 5.88 Å². The molecule has 28 heavy (non-hydrogen) atoms. The molecule has 0 aromatic carbocycles.